The van der Waals surface area contributed by atoms with E-state index >= 15 is 8.78 Å². The van der Waals surface area contributed by atoms with E-state index in [9.17, 15) is 24.3 Å². The fraction of sp³-hybridized carbons (Fsp3) is 0.480. The van der Waals surface area contributed by atoms with Gasteiger partial charge in [0.2, 0.25) is 12.1 Å². The Hall–Kier alpha value is -3.91. The third-order valence-electron chi connectivity index (χ3n) is 5.73. The molecule has 3 atom stereocenters. The van der Waals surface area contributed by atoms with E-state index in [4.69, 9.17) is 14.2 Å². The summed E-state index contributed by atoms with van der Waals surface area (Å²) in [5.74, 6) is -5.76. The van der Waals surface area contributed by atoms with E-state index in [0.29, 0.717) is 16.7 Å². The lowest BCUT2D eigenvalue weighted by atomic mass is 10.1. The number of anilines is 2. The molecule has 2 heterocycles. The molecule has 0 radical (unpaired) electrons. The van der Waals surface area contributed by atoms with E-state index in [-0.39, 0.29) is 19.4 Å². The summed E-state index contributed by atoms with van der Waals surface area (Å²) in [5, 5.41) is 15.0. The molecule has 0 aliphatic carbocycles. The van der Waals surface area contributed by atoms with Crippen LogP contribution in [0.2, 0.25) is 0 Å². The molecule has 0 unspecified atom stereocenters. The van der Waals surface area contributed by atoms with Gasteiger partial charge in [-0.3, -0.25) is 14.9 Å². The minimum atomic E-state index is -4.03. The Bertz CT molecular complexity index is 1190. The number of benzene rings is 1. The molecule has 14 heteroatoms. The number of para-hydroxylation sites is 1. The summed E-state index contributed by atoms with van der Waals surface area (Å²) in [6, 6.07) is 9.63. The summed E-state index contributed by atoms with van der Waals surface area (Å²) >= 11 is 0. The predicted octanol–water partition coefficient (Wildman–Crippen LogP) is 2.84. The molecule has 3 rings (SSSR count). The highest BCUT2D eigenvalue weighted by molar-refractivity contribution is 5.92. The number of nitrogens with zero attached hydrogens (tertiary/aromatic N) is 2. The van der Waals surface area contributed by atoms with Crippen LogP contribution in [-0.4, -0.2) is 64.0 Å². The topological polar surface area (TPSA) is 158 Å². The molecule has 1 aliphatic heterocycles. The number of rotatable bonds is 12. The fourth-order valence-corrected chi connectivity index (χ4v) is 3.70. The molecule has 0 bridgehead atoms. The molecule has 0 spiro atoms. The second-order valence-electron chi connectivity index (χ2n) is 8.69. The van der Waals surface area contributed by atoms with Crippen molar-refractivity contribution < 1.29 is 42.5 Å². The Morgan fingerprint density at radius 2 is 1.85 bits per heavy atom. The van der Waals surface area contributed by atoms with Crippen LogP contribution in [0.15, 0.2) is 47.4 Å². The van der Waals surface area contributed by atoms with E-state index < -0.39 is 60.4 Å². The number of hydrogen-bond acceptors (Lipinski definition) is 9. The zero-order valence-corrected chi connectivity index (χ0v) is 21.2. The molecular formula is C25H30F2N4O8. The molecule has 212 valence electrons. The molecule has 1 aliphatic rings. The van der Waals surface area contributed by atoms with Gasteiger partial charge in [0, 0.05) is 18.3 Å². The molecule has 1 aromatic carbocycles. The lowest BCUT2D eigenvalue weighted by Crippen LogP contribution is -2.42. The number of ether oxygens (including phenoxy) is 3. The highest BCUT2D eigenvalue weighted by atomic mass is 19.3. The number of aliphatic hydroxyl groups excluding tert-OH is 1. The smallest absolute Gasteiger partial charge is 0.412 e. The number of amides is 2. The molecule has 2 aromatic rings. The number of hydrogen-bond donors (Lipinski definition) is 3. The quantitative estimate of drug-likeness (QED) is 0.266. The Labute approximate surface area is 222 Å². The van der Waals surface area contributed by atoms with Gasteiger partial charge in [0.1, 0.15) is 18.5 Å². The average Bonchev–Trinajstić information content (AvgIpc) is 3.12. The van der Waals surface area contributed by atoms with Gasteiger partial charge in [-0.15, -0.1) is 0 Å². The Balaban J connectivity index is 1.59. The zero-order valence-electron chi connectivity index (χ0n) is 21.2. The van der Waals surface area contributed by atoms with Crippen molar-refractivity contribution in [1.29, 1.82) is 0 Å². The maximum Gasteiger partial charge on any atom is 0.412 e. The number of carbonyl (C=O) groups excluding carboxylic acids is 3. The summed E-state index contributed by atoms with van der Waals surface area (Å²) in [7, 11) is 0. The molecule has 2 amide bonds. The summed E-state index contributed by atoms with van der Waals surface area (Å²) in [6.45, 7) is 1.28. The average molecular weight is 553 g/mol. The number of esters is 1. The van der Waals surface area contributed by atoms with Crippen molar-refractivity contribution in [2.45, 2.75) is 63.4 Å². The van der Waals surface area contributed by atoms with Crippen molar-refractivity contribution in [2.24, 2.45) is 0 Å². The van der Waals surface area contributed by atoms with Gasteiger partial charge in [-0.05, 0) is 24.6 Å². The van der Waals surface area contributed by atoms with Crippen LogP contribution in [0.5, 0.6) is 0 Å². The lowest BCUT2D eigenvalue weighted by Gasteiger charge is -2.23. The molecule has 1 saturated heterocycles. The SMILES string of the molecule is CCCCCOC(=O)Nc1ccnc(=O)n1[C@@H]1O[C@H](COC(=O)CCC(=O)Nc2ccccc2)[C@@H](O)C1(F)F. The third-order valence-corrected chi connectivity index (χ3v) is 5.73. The highest BCUT2D eigenvalue weighted by Crippen LogP contribution is 2.43. The van der Waals surface area contributed by atoms with Crippen molar-refractivity contribution in [3.8, 4) is 0 Å². The first-order valence-electron chi connectivity index (χ1n) is 12.4. The largest absolute Gasteiger partial charge is 0.463 e. The lowest BCUT2D eigenvalue weighted by molar-refractivity contribution is -0.151. The summed E-state index contributed by atoms with van der Waals surface area (Å²) in [5.41, 5.74) is -0.645. The minimum absolute atomic E-state index is 0.0884. The summed E-state index contributed by atoms with van der Waals surface area (Å²) in [6.07, 6.45) is -4.79. The summed E-state index contributed by atoms with van der Waals surface area (Å²) in [4.78, 5) is 52.0. The number of carbonyl (C=O) groups is 3. The Morgan fingerprint density at radius 3 is 2.56 bits per heavy atom. The number of unbranched alkanes of at least 4 members (excludes halogenated alkanes) is 2. The van der Waals surface area contributed by atoms with Gasteiger partial charge in [-0.25, -0.2) is 19.1 Å². The van der Waals surface area contributed by atoms with Crippen LogP contribution in [0.25, 0.3) is 0 Å². The van der Waals surface area contributed by atoms with Crippen LogP contribution in [0, 0.1) is 0 Å². The maximum absolute atomic E-state index is 15.0. The van der Waals surface area contributed by atoms with E-state index in [2.05, 4.69) is 15.6 Å². The standard InChI is InChI=1S/C25H30F2N4O8/c1-2-3-7-14-37-24(36)30-18-12-13-28-23(35)31(18)22-25(26,27)21(34)17(39-22)15-38-20(33)11-10-19(32)29-16-8-5-4-6-9-16/h4-6,8-9,12-13,17,21-22,34H,2-3,7,10-11,14-15H2,1H3,(H,29,32)(H,30,36)/t17-,21-,22-/m1/s1. The molecule has 12 nitrogen and oxygen atoms in total. The maximum atomic E-state index is 15.0. The van der Waals surface area contributed by atoms with E-state index in [1.807, 2.05) is 6.92 Å². The molecule has 3 N–H and O–H groups in total. The number of halogens is 2. The van der Waals surface area contributed by atoms with Gasteiger partial charge in [-0.2, -0.15) is 8.78 Å². The number of alkyl halides is 2. The van der Waals surface area contributed by atoms with Gasteiger partial charge >= 0.3 is 23.7 Å². The van der Waals surface area contributed by atoms with Crippen LogP contribution in [0.3, 0.4) is 0 Å². The second-order valence-corrected chi connectivity index (χ2v) is 8.69. The zero-order chi connectivity index (χ0) is 28.4. The first-order valence-corrected chi connectivity index (χ1v) is 12.4. The van der Waals surface area contributed by atoms with Gasteiger partial charge in [0.05, 0.1) is 13.0 Å². The van der Waals surface area contributed by atoms with Gasteiger partial charge in [0.25, 0.3) is 0 Å². The van der Waals surface area contributed by atoms with Crippen LogP contribution in [-0.2, 0) is 23.8 Å². The van der Waals surface area contributed by atoms with Crippen LogP contribution in [0.1, 0.15) is 45.3 Å². The van der Waals surface area contributed by atoms with Gasteiger partial charge < -0.3 is 24.6 Å². The van der Waals surface area contributed by atoms with Crippen LogP contribution >= 0.6 is 0 Å². The normalized spacial score (nSPS) is 19.7. The Morgan fingerprint density at radius 1 is 1.10 bits per heavy atom. The van der Waals surface area contributed by atoms with Crippen molar-refractivity contribution in [3.63, 3.8) is 0 Å². The molecular weight excluding hydrogens is 522 g/mol. The highest BCUT2D eigenvalue weighted by Gasteiger charge is 2.60. The first-order chi connectivity index (χ1) is 18.6. The number of aromatic nitrogens is 2. The predicted molar refractivity (Wildman–Crippen MR) is 133 cm³/mol. The van der Waals surface area contributed by atoms with Crippen molar-refractivity contribution in [2.75, 3.05) is 23.8 Å². The Kier molecular flexibility index (Phi) is 10.5. The van der Waals surface area contributed by atoms with Crippen molar-refractivity contribution in [3.05, 3.63) is 53.1 Å². The first kappa shape index (κ1) is 29.6. The minimum Gasteiger partial charge on any atom is -0.463 e. The molecule has 39 heavy (non-hydrogen) atoms. The molecule has 1 aromatic heterocycles. The van der Waals surface area contributed by atoms with Crippen molar-refractivity contribution >= 4 is 29.5 Å². The van der Waals surface area contributed by atoms with Gasteiger partial charge in [-0.1, -0.05) is 38.0 Å². The summed E-state index contributed by atoms with van der Waals surface area (Å²) < 4.78 is 45.5. The third kappa shape index (κ3) is 8.04. The second kappa shape index (κ2) is 13.8. The van der Waals surface area contributed by atoms with Crippen molar-refractivity contribution in [1.82, 2.24) is 9.55 Å². The molecule has 0 saturated carbocycles. The van der Waals surface area contributed by atoms with E-state index in [1.54, 1.807) is 30.3 Å². The fourth-order valence-electron chi connectivity index (χ4n) is 3.70. The number of nitrogens with one attached hydrogen (secondary N) is 2. The van der Waals surface area contributed by atoms with E-state index in [1.165, 1.54) is 0 Å². The van der Waals surface area contributed by atoms with E-state index in [0.717, 1.165) is 25.1 Å². The monoisotopic (exact) mass is 552 g/mol. The van der Waals surface area contributed by atoms with Crippen LogP contribution < -0.4 is 16.3 Å². The molecule has 1 fully saturated rings. The van der Waals surface area contributed by atoms with Gasteiger partial charge in [0.15, 0.2) is 6.10 Å². The van der Waals surface area contributed by atoms with Crippen LogP contribution in [0.4, 0.5) is 25.1 Å². The number of aliphatic hydroxyl groups is 1.